The molecule has 2 rings (SSSR count). The normalized spacial score (nSPS) is 12.7. The minimum atomic E-state index is -0.0100. The first-order valence-corrected chi connectivity index (χ1v) is 7.54. The average Bonchev–Trinajstić information content (AvgIpc) is 2.61. The Kier molecular flexibility index (Phi) is 4.45. The fourth-order valence-corrected chi connectivity index (χ4v) is 3.10. The van der Waals surface area contributed by atoms with Crippen molar-refractivity contribution in [2.75, 3.05) is 0 Å². The molecule has 0 spiro atoms. The van der Waals surface area contributed by atoms with Gasteiger partial charge in [-0.15, -0.1) is 0 Å². The van der Waals surface area contributed by atoms with Gasteiger partial charge in [-0.3, -0.25) is 4.68 Å². The molecule has 1 aromatic carbocycles. The number of halogens is 2. The highest BCUT2D eigenvalue weighted by atomic mass is 127. The van der Waals surface area contributed by atoms with Crippen LogP contribution in [0.25, 0.3) is 0 Å². The van der Waals surface area contributed by atoms with E-state index in [9.17, 15) is 0 Å². The minimum Gasteiger partial charge on any atom is -0.324 e. The van der Waals surface area contributed by atoms with Crippen molar-refractivity contribution in [2.24, 2.45) is 12.8 Å². The van der Waals surface area contributed by atoms with Gasteiger partial charge >= 0.3 is 0 Å². The van der Waals surface area contributed by atoms with Gasteiger partial charge in [0.15, 0.2) is 0 Å². The lowest BCUT2D eigenvalue weighted by molar-refractivity contribution is 0.638. The molecular weight excluding hydrogens is 405 g/mol. The molecule has 1 heterocycles. The maximum Gasteiger partial charge on any atom is 0.0596 e. The van der Waals surface area contributed by atoms with E-state index >= 15 is 0 Å². The van der Waals surface area contributed by atoms with Crippen LogP contribution in [0.5, 0.6) is 0 Å². The van der Waals surface area contributed by atoms with Crippen LogP contribution in [0.1, 0.15) is 23.0 Å². The molecule has 0 bridgehead atoms. The summed E-state index contributed by atoms with van der Waals surface area (Å²) in [6, 6.07) is 8.28. The third-order valence-corrected chi connectivity index (χ3v) is 4.36. The number of nitrogens with two attached hydrogens (primary N) is 1. The van der Waals surface area contributed by atoms with Crippen molar-refractivity contribution >= 4 is 38.5 Å². The van der Waals surface area contributed by atoms with Gasteiger partial charge in [-0.2, -0.15) is 5.10 Å². The molecule has 0 saturated carbocycles. The number of aryl methyl sites for hydroxylation is 2. The molecule has 2 N–H and O–H groups in total. The van der Waals surface area contributed by atoms with Crippen LogP contribution in [-0.4, -0.2) is 9.78 Å². The molecule has 0 saturated heterocycles. The summed E-state index contributed by atoms with van der Waals surface area (Å²) in [4.78, 5) is 0. The number of hydrogen-bond donors (Lipinski definition) is 1. The number of hydrogen-bond acceptors (Lipinski definition) is 2. The largest absolute Gasteiger partial charge is 0.324 e. The van der Waals surface area contributed by atoms with Crippen LogP contribution in [0, 0.1) is 10.5 Å². The summed E-state index contributed by atoms with van der Waals surface area (Å²) in [5.74, 6) is 0. The van der Waals surface area contributed by atoms with Crippen molar-refractivity contribution in [1.29, 1.82) is 0 Å². The molecule has 96 valence electrons. The Bertz CT molecular complexity index is 565. The van der Waals surface area contributed by atoms with E-state index in [1.165, 1.54) is 9.13 Å². The molecule has 0 aliphatic heterocycles. The monoisotopic (exact) mass is 419 g/mol. The standard InChI is InChI=1S/C13H15BrIN3/c1-8-5-10(18(2)17-8)7-13(16)11-6-9(14)3-4-12(11)15/h3-6,13H,7,16H2,1-2H3. The quantitative estimate of drug-likeness (QED) is 0.775. The summed E-state index contributed by atoms with van der Waals surface area (Å²) in [5.41, 5.74) is 9.67. The lowest BCUT2D eigenvalue weighted by atomic mass is 10.0. The molecule has 0 aliphatic rings. The predicted molar refractivity (Wildman–Crippen MR) is 85.4 cm³/mol. The summed E-state index contributed by atoms with van der Waals surface area (Å²) in [6.45, 7) is 2.00. The van der Waals surface area contributed by atoms with Gasteiger partial charge in [0.05, 0.1) is 5.69 Å². The van der Waals surface area contributed by atoms with Crippen LogP contribution >= 0.6 is 38.5 Å². The second-order valence-electron chi connectivity index (χ2n) is 4.38. The smallest absolute Gasteiger partial charge is 0.0596 e. The molecule has 5 heteroatoms. The van der Waals surface area contributed by atoms with Gasteiger partial charge in [0.25, 0.3) is 0 Å². The van der Waals surface area contributed by atoms with Gasteiger partial charge < -0.3 is 5.73 Å². The highest BCUT2D eigenvalue weighted by molar-refractivity contribution is 14.1. The van der Waals surface area contributed by atoms with Crippen molar-refractivity contribution in [1.82, 2.24) is 9.78 Å². The second kappa shape index (κ2) is 5.71. The van der Waals surface area contributed by atoms with Crippen LogP contribution in [0.15, 0.2) is 28.7 Å². The van der Waals surface area contributed by atoms with Crippen LogP contribution in [-0.2, 0) is 13.5 Å². The minimum absolute atomic E-state index is 0.0100. The third kappa shape index (κ3) is 3.13. The van der Waals surface area contributed by atoms with Crippen LogP contribution in [0.3, 0.4) is 0 Å². The van der Waals surface area contributed by atoms with Crippen molar-refractivity contribution in [3.63, 3.8) is 0 Å². The van der Waals surface area contributed by atoms with E-state index in [0.29, 0.717) is 0 Å². The topological polar surface area (TPSA) is 43.8 Å². The van der Waals surface area contributed by atoms with E-state index in [0.717, 1.165) is 22.3 Å². The Labute approximate surface area is 129 Å². The molecule has 2 aromatic rings. The number of rotatable bonds is 3. The Morgan fingerprint density at radius 3 is 2.78 bits per heavy atom. The summed E-state index contributed by atoms with van der Waals surface area (Å²) in [5, 5.41) is 4.35. The fraction of sp³-hybridized carbons (Fsp3) is 0.308. The zero-order valence-corrected chi connectivity index (χ0v) is 14.1. The SMILES string of the molecule is Cc1cc(CC(N)c2cc(Br)ccc2I)n(C)n1. The third-order valence-electron chi connectivity index (χ3n) is 2.89. The zero-order valence-electron chi connectivity index (χ0n) is 10.3. The summed E-state index contributed by atoms with van der Waals surface area (Å²) in [6.07, 6.45) is 0.795. The molecule has 1 aromatic heterocycles. The molecule has 0 amide bonds. The Balaban J connectivity index is 2.24. The number of benzene rings is 1. The Morgan fingerprint density at radius 1 is 1.44 bits per heavy atom. The number of nitrogens with zero attached hydrogens (tertiary/aromatic N) is 2. The van der Waals surface area contributed by atoms with Crippen molar-refractivity contribution in [2.45, 2.75) is 19.4 Å². The van der Waals surface area contributed by atoms with E-state index in [4.69, 9.17) is 5.73 Å². The lowest BCUT2D eigenvalue weighted by Gasteiger charge is -2.14. The van der Waals surface area contributed by atoms with E-state index in [1.807, 2.05) is 24.7 Å². The van der Waals surface area contributed by atoms with Gasteiger partial charge in [-0.25, -0.2) is 0 Å². The number of aromatic nitrogens is 2. The van der Waals surface area contributed by atoms with E-state index in [2.05, 4.69) is 61.8 Å². The van der Waals surface area contributed by atoms with Gasteiger partial charge in [0.1, 0.15) is 0 Å². The van der Waals surface area contributed by atoms with Gasteiger partial charge in [0.2, 0.25) is 0 Å². The molecule has 3 nitrogen and oxygen atoms in total. The van der Waals surface area contributed by atoms with Gasteiger partial charge in [-0.05, 0) is 59.3 Å². The average molecular weight is 420 g/mol. The highest BCUT2D eigenvalue weighted by Gasteiger charge is 2.13. The molecule has 0 radical (unpaired) electrons. The summed E-state index contributed by atoms with van der Waals surface area (Å²) in [7, 11) is 1.96. The fourth-order valence-electron chi connectivity index (χ4n) is 1.99. The van der Waals surface area contributed by atoms with Crippen molar-refractivity contribution < 1.29 is 0 Å². The summed E-state index contributed by atoms with van der Waals surface area (Å²) < 4.78 is 4.16. The van der Waals surface area contributed by atoms with Crippen LogP contribution in [0.2, 0.25) is 0 Å². The molecular formula is C13H15BrIN3. The maximum absolute atomic E-state index is 6.31. The van der Waals surface area contributed by atoms with Gasteiger partial charge in [-0.1, -0.05) is 15.9 Å². The first kappa shape index (κ1) is 14.0. The molecule has 18 heavy (non-hydrogen) atoms. The van der Waals surface area contributed by atoms with E-state index in [1.54, 1.807) is 0 Å². The Morgan fingerprint density at radius 2 is 2.17 bits per heavy atom. The molecule has 1 atom stereocenters. The molecule has 0 fully saturated rings. The first-order valence-electron chi connectivity index (χ1n) is 5.67. The van der Waals surface area contributed by atoms with Crippen molar-refractivity contribution in [3.8, 4) is 0 Å². The first-order chi connectivity index (χ1) is 8.47. The maximum atomic E-state index is 6.31. The van der Waals surface area contributed by atoms with E-state index in [-0.39, 0.29) is 6.04 Å². The highest BCUT2D eigenvalue weighted by Crippen LogP contribution is 2.25. The zero-order chi connectivity index (χ0) is 13.3. The Hall–Kier alpha value is -0.400. The lowest BCUT2D eigenvalue weighted by Crippen LogP contribution is -2.16. The van der Waals surface area contributed by atoms with Gasteiger partial charge in [0, 0.05) is 33.2 Å². The molecule has 0 aliphatic carbocycles. The second-order valence-corrected chi connectivity index (χ2v) is 6.45. The van der Waals surface area contributed by atoms with Crippen LogP contribution < -0.4 is 5.73 Å². The molecule has 1 unspecified atom stereocenters. The van der Waals surface area contributed by atoms with Crippen molar-refractivity contribution in [3.05, 3.63) is 49.3 Å². The summed E-state index contributed by atoms with van der Waals surface area (Å²) >= 11 is 5.82. The van der Waals surface area contributed by atoms with E-state index < -0.39 is 0 Å². The predicted octanol–water partition coefficient (Wildman–Crippen LogP) is 3.34. The van der Waals surface area contributed by atoms with Crippen LogP contribution in [0.4, 0.5) is 0 Å².